The van der Waals surface area contributed by atoms with Crippen molar-refractivity contribution in [2.45, 2.75) is 31.0 Å². The van der Waals surface area contributed by atoms with E-state index in [-0.39, 0.29) is 37.1 Å². The number of rotatable bonds is 6. The fourth-order valence-corrected chi connectivity index (χ4v) is 3.50. The molecule has 25 heavy (non-hydrogen) atoms. The first-order valence-corrected chi connectivity index (χ1v) is 9.66. The number of benzene rings is 1. The Balaban J connectivity index is 1.83. The Hall–Kier alpha value is -1.57. The van der Waals surface area contributed by atoms with Crippen molar-refractivity contribution in [3.8, 4) is 0 Å². The molecule has 1 aliphatic rings. The van der Waals surface area contributed by atoms with E-state index in [1.54, 1.807) is 23.7 Å². The number of para-hydroxylation sites is 1. The standard InChI is InChI=1S/C18H27N3O3S/c1-13-9-21(10-14(2)24-13)18(23)12-20(3)11-17(22)19-15-7-5-6-8-16(15)25-4/h5-8,13-14H,9-12H2,1-4H3,(H,19,22)/t13-,14+. The maximum absolute atomic E-state index is 12.4. The molecule has 0 bridgehead atoms. The van der Waals surface area contributed by atoms with Gasteiger partial charge in [-0.15, -0.1) is 11.8 Å². The van der Waals surface area contributed by atoms with Gasteiger partial charge in [0.1, 0.15) is 0 Å². The summed E-state index contributed by atoms with van der Waals surface area (Å²) in [7, 11) is 1.78. The minimum absolute atomic E-state index is 0.0295. The number of nitrogens with one attached hydrogen (secondary N) is 1. The topological polar surface area (TPSA) is 61.9 Å². The van der Waals surface area contributed by atoms with Crippen molar-refractivity contribution in [3.05, 3.63) is 24.3 Å². The van der Waals surface area contributed by atoms with E-state index in [0.29, 0.717) is 13.1 Å². The quantitative estimate of drug-likeness (QED) is 0.781. The van der Waals surface area contributed by atoms with Crippen LogP contribution >= 0.6 is 11.8 Å². The van der Waals surface area contributed by atoms with Crippen molar-refractivity contribution in [1.29, 1.82) is 0 Å². The summed E-state index contributed by atoms with van der Waals surface area (Å²) in [5.74, 6) is -0.0951. The molecule has 1 saturated heterocycles. The lowest BCUT2D eigenvalue weighted by atomic mass is 10.2. The number of ether oxygens (including phenoxy) is 1. The molecule has 1 aliphatic heterocycles. The van der Waals surface area contributed by atoms with Gasteiger partial charge >= 0.3 is 0 Å². The molecule has 0 aliphatic carbocycles. The molecule has 1 N–H and O–H groups in total. The third-order valence-electron chi connectivity index (χ3n) is 3.97. The smallest absolute Gasteiger partial charge is 0.238 e. The third kappa shape index (κ3) is 6.02. The third-order valence-corrected chi connectivity index (χ3v) is 4.77. The maximum atomic E-state index is 12.4. The van der Waals surface area contributed by atoms with Gasteiger partial charge in [0.25, 0.3) is 0 Å². The van der Waals surface area contributed by atoms with Gasteiger partial charge in [-0.25, -0.2) is 0 Å². The van der Waals surface area contributed by atoms with Crippen LogP contribution < -0.4 is 5.32 Å². The van der Waals surface area contributed by atoms with Crippen LogP contribution in [0.3, 0.4) is 0 Å². The van der Waals surface area contributed by atoms with Crippen LogP contribution in [0.5, 0.6) is 0 Å². The minimum atomic E-state index is -0.125. The highest BCUT2D eigenvalue weighted by atomic mass is 32.2. The van der Waals surface area contributed by atoms with E-state index in [9.17, 15) is 9.59 Å². The number of likely N-dealkylation sites (N-methyl/N-ethyl adjacent to an activating group) is 1. The largest absolute Gasteiger partial charge is 0.372 e. The van der Waals surface area contributed by atoms with Crippen molar-refractivity contribution in [3.63, 3.8) is 0 Å². The molecule has 2 atom stereocenters. The van der Waals surface area contributed by atoms with Gasteiger partial charge in [-0.05, 0) is 39.3 Å². The summed E-state index contributed by atoms with van der Waals surface area (Å²) in [6.07, 6.45) is 2.06. The van der Waals surface area contributed by atoms with Crippen LogP contribution in [0.25, 0.3) is 0 Å². The zero-order valence-corrected chi connectivity index (χ0v) is 16.1. The molecule has 1 fully saturated rings. The number of carbonyl (C=O) groups is 2. The van der Waals surface area contributed by atoms with Crippen molar-refractivity contribution in [2.24, 2.45) is 0 Å². The summed E-state index contributed by atoms with van der Waals surface area (Å²) in [6, 6.07) is 7.68. The normalized spacial score (nSPS) is 20.6. The van der Waals surface area contributed by atoms with Crippen molar-refractivity contribution >= 4 is 29.3 Å². The number of morpholine rings is 1. The van der Waals surface area contributed by atoms with Crippen LogP contribution in [0, 0.1) is 0 Å². The predicted molar refractivity (Wildman–Crippen MR) is 101 cm³/mol. The SMILES string of the molecule is CSc1ccccc1NC(=O)CN(C)CC(=O)N1C[C@@H](C)O[C@@H](C)C1. The molecule has 0 spiro atoms. The summed E-state index contributed by atoms with van der Waals surface area (Å²) in [6.45, 7) is 5.53. The number of anilines is 1. The van der Waals surface area contributed by atoms with Crippen molar-refractivity contribution < 1.29 is 14.3 Å². The molecule has 138 valence electrons. The number of hydrogen-bond acceptors (Lipinski definition) is 5. The number of thioether (sulfide) groups is 1. The Kier molecular flexibility index (Phi) is 7.28. The molecule has 0 saturated carbocycles. The Labute approximate surface area is 153 Å². The van der Waals surface area contributed by atoms with Crippen LogP contribution in [-0.4, -0.2) is 73.3 Å². The Morgan fingerprint density at radius 2 is 1.88 bits per heavy atom. The molecule has 6 nitrogen and oxygen atoms in total. The van der Waals surface area contributed by atoms with Gasteiger partial charge in [0.15, 0.2) is 0 Å². The van der Waals surface area contributed by atoms with E-state index in [1.165, 1.54) is 0 Å². The van der Waals surface area contributed by atoms with E-state index in [1.807, 2.05) is 49.3 Å². The molecule has 1 heterocycles. The predicted octanol–water partition coefficient (Wildman–Crippen LogP) is 1.91. The van der Waals surface area contributed by atoms with Gasteiger partial charge in [-0.1, -0.05) is 12.1 Å². The second-order valence-corrected chi connectivity index (χ2v) is 7.32. The molecule has 1 aromatic rings. The zero-order chi connectivity index (χ0) is 18.4. The van der Waals surface area contributed by atoms with Gasteiger partial charge in [0.05, 0.1) is 31.0 Å². The molecule has 2 rings (SSSR count). The van der Waals surface area contributed by atoms with E-state index in [4.69, 9.17) is 4.74 Å². The first-order valence-electron chi connectivity index (χ1n) is 8.43. The lowest BCUT2D eigenvalue weighted by Gasteiger charge is -2.36. The Morgan fingerprint density at radius 1 is 1.24 bits per heavy atom. The summed E-state index contributed by atoms with van der Waals surface area (Å²) in [5, 5.41) is 2.91. The summed E-state index contributed by atoms with van der Waals surface area (Å²) < 4.78 is 5.65. The molecule has 7 heteroatoms. The number of hydrogen-bond donors (Lipinski definition) is 1. The molecule has 2 amide bonds. The van der Waals surface area contributed by atoms with Gasteiger partial charge in [-0.2, -0.15) is 0 Å². The second kappa shape index (κ2) is 9.22. The van der Waals surface area contributed by atoms with E-state index < -0.39 is 0 Å². The van der Waals surface area contributed by atoms with Crippen LogP contribution in [0.1, 0.15) is 13.8 Å². The minimum Gasteiger partial charge on any atom is -0.372 e. The fourth-order valence-electron chi connectivity index (χ4n) is 2.95. The van der Waals surface area contributed by atoms with Crippen molar-refractivity contribution in [2.75, 3.05) is 44.8 Å². The van der Waals surface area contributed by atoms with Gasteiger partial charge in [0.2, 0.25) is 11.8 Å². The highest BCUT2D eigenvalue weighted by Gasteiger charge is 2.26. The van der Waals surface area contributed by atoms with Gasteiger partial charge in [-0.3, -0.25) is 14.5 Å². The van der Waals surface area contributed by atoms with Crippen LogP contribution in [0.4, 0.5) is 5.69 Å². The first kappa shape index (κ1) is 19.8. The number of nitrogens with zero attached hydrogens (tertiary/aromatic N) is 2. The maximum Gasteiger partial charge on any atom is 0.238 e. The van der Waals surface area contributed by atoms with E-state index >= 15 is 0 Å². The molecule has 0 aromatic heterocycles. The summed E-state index contributed by atoms with van der Waals surface area (Å²) in [4.78, 5) is 29.3. The van der Waals surface area contributed by atoms with Crippen LogP contribution in [0.2, 0.25) is 0 Å². The summed E-state index contributed by atoms with van der Waals surface area (Å²) in [5.41, 5.74) is 0.801. The van der Waals surface area contributed by atoms with E-state index in [0.717, 1.165) is 10.6 Å². The summed E-state index contributed by atoms with van der Waals surface area (Å²) >= 11 is 1.59. The van der Waals surface area contributed by atoms with Gasteiger partial charge in [0, 0.05) is 18.0 Å². The molecule has 0 radical (unpaired) electrons. The first-order chi connectivity index (χ1) is 11.9. The molecule has 0 unspecified atom stereocenters. The van der Waals surface area contributed by atoms with Crippen LogP contribution in [0.15, 0.2) is 29.2 Å². The average Bonchev–Trinajstić information content (AvgIpc) is 2.54. The number of amides is 2. The fraction of sp³-hybridized carbons (Fsp3) is 0.556. The lowest BCUT2D eigenvalue weighted by molar-refractivity contribution is -0.144. The van der Waals surface area contributed by atoms with Gasteiger partial charge < -0.3 is 15.0 Å². The molecule has 1 aromatic carbocycles. The second-order valence-electron chi connectivity index (χ2n) is 6.48. The number of carbonyl (C=O) groups excluding carboxylic acids is 2. The van der Waals surface area contributed by atoms with E-state index in [2.05, 4.69) is 5.32 Å². The lowest BCUT2D eigenvalue weighted by Crippen LogP contribution is -2.51. The molecular formula is C18H27N3O3S. The zero-order valence-electron chi connectivity index (χ0n) is 15.3. The monoisotopic (exact) mass is 365 g/mol. The highest BCUT2D eigenvalue weighted by molar-refractivity contribution is 7.98. The average molecular weight is 365 g/mol. The molecular weight excluding hydrogens is 338 g/mol. The Morgan fingerprint density at radius 3 is 2.52 bits per heavy atom. The Bertz CT molecular complexity index is 601. The van der Waals surface area contributed by atoms with Crippen molar-refractivity contribution in [1.82, 2.24) is 9.80 Å². The van der Waals surface area contributed by atoms with Crippen LogP contribution in [-0.2, 0) is 14.3 Å². The highest BCUT2D eigenvalue weighted by Crippen LogP contribution is 2.24.